The van der Waals surface area contributed by atoms with Gasteiger partial charge in [-0.25, -0.2) is 9.78 Å². The van der Waals surface area contributed by atoms with E-state index in [1.54, 1.807) is 10.9 Å². The molecule has 6 heteroatoms. The summed E-state index contributed by atoms with van der Waals surface area (Å²) in [6, 6.07) is 7.45. The molecule has 1 aromatic heterocycles. The third-order valence-electron chi connectivity index (χ3n) is 4.25. The summed E-state index contributed by atoms with van der Waals surface area (Å²) in [6.07, 6.45) is 1.86. The van der Waals surface area contributed by atoms with Gasteiger partial charge in [0.05, 0.1) is 17.4 Å². The van der Waals surface area contributed by atoms with E-state index in [0.29, 0.717) is 25.8 Å². The van der Waals surface area contributed by atoms with E-state index in [4.69, 9.17) is 0 Å². The molecule has 1 fully saturated rings. The van der Waals surface area contributed by atoms with Crippen molar-refractivity contribution in [3.8, 4) is 0 Å². The van der Waals surface area contributed by atoms with Crippen molar-refractivity contribution in [2.75, 3.05) is 6.54 Å². The summed E-state index contributed by atoms with van der Waals surface area (Å²) in [5.74, 6) is -0.0678. The van der Waals surface area contributed by atoms with Gasteiger partial charge in [0.2, 0.25) is 0 Å². The van der Waals surface area contributed by atoms with Crippen molar-refractivity contribution < 1.29 is 14.7 Å². The number of Topliss-reactive ketones (excluding diaryl/α,β-unsaturated/α-hetero) is 1. The topological polar surface area (TPSA) is 75.4 Å². The van der Waals surface area contributed by atoms with Crippen LogP contribution in [0.25, 0.3) is 11.0 Å². The predicted octanol–water partition coefficient (Wildman–Crippen LogP) is 2.44. The number of aromatic nitrogens is 2. The van der Waals surface area contributed by atoms with Gasteiger partial charge in [-0.1, -0.05) is 19.1 Å². The van der Waals surface area contributed by atoms with Crippen molar-refractivity contribution in [3.05, 3.63) is 30.6 Å². The Morgan fingerprint density at radius 1 is 1.43 bits per heavy atom. The summed E-state index contributed by atoms with van der Waals surface area (Å²) in [7, 11) is 0. The monoisotopic (exact) mass is 287 g/mol. The number of fused-ring (bicyclic) bond motifs is 1. The first-order chi connectivity index (χ1) is 10.1. The molecule has 1 aromatic carbocycles. The zero-order chi connectivity index (χ0) is 15.0. The Morgan fingerprint density at radius 2 is 2.19 bits per heavy atom. The van der Waals surface area contributed by atoms with E-state index in [-0.39, 0.29) is 5.78 Å². The molecular formula is C15H17N3O3. The first-order valence-corrected chi connectivity index (χ1v) is 7.07. The SMILES string of the molecule is CCC1(n2cnc3ccccc32)C(=O)CCCN1C(=O)O. The highest BCUT2D eigenvalue weighted by Gasteiger charge is 2.49. The fourth-order valence-corrected chi connectivity index (χ4v) is 3.26. The lowest BCUT2D eigenvalue weighted by atomic mass is 9.90. The number of imidazole rings is 1. The first-order valence-electron chi connectivity index (χ1n) is 7.07. The van der Waals surface area contributed by atoms with Gasteiger partial charge < -0.3 is 5.11 Å². The maximum Gasteiger partial charge on any atom is 0.409 e. The minimum Gasteiger partial charge on any atom is -0.465 e. The molecule has 1 aliphatic heterocycles. The van der Waals surface area contributed by atoms with E-state index in [0.717, 1.165) is 11.0 Å². The Bertz CT molecular complexity index is 709. The van der Waals surface area contributed by atoms with Crippen LogP contribution in [0.5, 0.6) is 0 Å². The van der Waals surface area contributed by atoms with Gasteiger partial charge in [-0.05, 0) is 25.0 Å². The molecule has 1 saturated heterocycles. The Balaban J connectivity index is 2.26. The van der Waals surface area contributed by atoms with Crippen LogP contribution in [0, 0.1) is 0 Å². The van der Waals surface area contributed by atoms with E-state index >= 15 is 0 Å². The lowest BCUT2D eigenvalue weighted by Crippen LogP contribution is -2.60. The van der Waals surface area contributed by atoms with Crippen LogP contribution in [-0.2, 0) is 10.5 Å². The number of carbonyl (C=O) groups is 2. The van der Waals surface area contributed by atoms with Gasteiger partial charge in [-0.3, -0.25) is 14.3 Å². The number of carboxylic acid groups (broad SMARTS) is 1. The van der Waals surface area contributed by atoms with Crippen molar-refractivity contribution in [3.63, 3.8) is 0 Å². The number of hydrogen-bond donors (Lipinski definition) is 1. The van der Waals surface area contributed by atoms with E-state index in [9.17, 15) is 14.7 Å². The van der Waals surface area contributed by atoms with Crippen molar-refractivity contribution in [1.82, 2.24) is 14.5 Å². The molecule has 1 atom stereocenters. The van der Waals surface area contributed by atoms with Crippen molar-refractivity contribution in [1.29, 1.82) is 0 Å². The first kappa shape index (κ1) is 13.6. The molecule has 3 rings (SSSR count). The van der Waals surface area contributed by atoms with Gasteiger partial charge in [-0.2, -0.15) is 0 Å². The number of ketones is 1. The van der Waals surface area contributed by atoms with Gasteiger partial charge in [0.1, 0.15) is 0 Å². The Morgan fingerprint density at radius 3 is 2.90 bits per heavy atom. The summed E-state index contributed by atoms with van der Waals surface area (Å²) < 4.78 is 1.72. The zero-order valence-electron chi connectivity index (χ0n) is 11.8. The largest absolute Gasteiger partial charge is 0.465 e. The van der Waals surface area contributed by atoms with Gasteiger partial charge in [-0.15, -0.1) is 0 Å². The lowest BCUT2D eigenvalue weighted by molar-refractivity contribution is -0.141. The van der Waals surface area contributed by atoms with Crippen LogP contribution in [0.3, 0.4) is 0 Å². The number of carbonyl (C=O) groups excluding carboxylic acids is 1. The second-order valence-electron chi connectivity index (χ2n) is 5.23. The third-order valence-corrected chi connectivity index (χ3v) is 4.25. The maximum atomic E-state index is 12.7. The normalized spacial score (nSPS) is 22.7. The highest BCUT2D eigenvalue weighted by molar-refractivity contribution is 5.92. The van der Waals surface area contributed by atoms with Gasteiger partial charge >= 0.3 is 6.09 Å². The molecule has 2 heterocycles. The van der Waals surface area contributed by atoms with Gasteiger partial charge in [0, 0.05) is 13.0 Å². The molecule has 110 valence electrons. The van der Waals surface area contributed by atoms with Gasteiger partial charge in [0.15, 0.2) is 11.4 Å². The highest BCUT2D eigenvalue weighted by Crippen LogP contribution is 2.35. The molecule has 0 aliphatic carbocycles. The van der Waals surface area contributed by atoms with Crippen LogP contribution in [0.1, 0.15) is 26.2 Å². The van der Waals surface area contributed by atoms with Crippen LogP contribution in [0.15, 0.2) is 30.6 Å². The predicted molar refractivity (Wildman–Crippen MR) is 77.0 cm³/mol. The van der Waals surface area contributed by atoms with E-state index in [1.165, 1.54) is 4.90 Å². The van der Waals surface area contributed by atoms with Crippen LogP contribution in [0.2, 0.25) is 0 Å². The van der Waals surface area contributed by atoms with E-state index < -0.39 is 11.8 Å². The van der Waals surface area contributed by atoms with Crippen molar-refractivity contribution in [2.45, 2.75) is 31.8 Å². The molecule has 0 spiro atoms. The average molecular weight is 287 g/mol. The number of amides is 1. The molecule has 2 aromatic rings. The molecule has 1 unspecified atom stereocenters. The molecule has 0 bridgehead atoms. The van der Waals surface area contributed by atoms with Crippen LogP contribution in [0.4, 0.5) is 4.79 Å². The molecule has 1 aliphatic rings. The lowest BCUT2D eigenvalue weighted by Gasteiger charge is -2.44. The van der Waals surface area contributed by atoms with Crippen LogP contribution < -0.4 is 0 Å². The number of piperidine rings is 1. The number of hydrogen-bond acceptors (Lipinski definition) is 3. The van der Waals surface area contributed by atoms with E-state index in [2.05, 4.69) is 4.98 Å². The number of rotatable bonds is 2. The van der Waals surface area contributed by atoms with E-state index in [1.807, 2.05) is 31.2 Å². The molecule has 21 heavy (non-hydrogen) atoms. The standard InChI is InChI=1S/C15H17N3O3/c1-2-15(13(19)8-5-9-17(15)14(20)21)18-10-16-11-6-3-4-7-12(11)18/h3-4,6-7,10H,2,5,8-9H2,1H3,(H,20,21). The van der Waals surface area contributed by atoms with Gasteiger partial charge in [0.25, 0.3) is 0 Å². The molecule has 6 nitrogen and oxygen atoms in total. The molecule has 0 saturated carbocycles. The van der Waals surface area contributed by atoms with Crippen molar-refractivity contribution in [2.24, 2.45) is 0 Å². The fourth-order valence-electron chi connectivity index (χ4n) is 3.26. The molecule has 1 N–H and O–H groups in total. The zero-order valence-corrected chi connectivity index (χ0v) is 11.8. The van der Waals surface area contributed by atoms with Crippen LogP contribution in [-0.4, -0.2) is 38.0 Å². The Labute approximate surface area is 122 Å². The second kappa shape index (κ2) is 4.87. The Hall–Kier alpha value is -2.37. The van der Waals surface area contributed by atoms with Crippen molar-refractivity contribution >= 4 is 22.9 Å². The summed E-state index contributed by atoms with van der Waals surface area (Å²) in [4.78, 5) is 29.9. The molecule has 0 radical (unpaired) electrons. The summed E-state index contributed by atoms with van der Waals surface area (Å²) in [5, 5.41) is 9.53. The number of nitrogens with zero attached hydrogens (tertiary/aromatic N) is 3. The highest BCUT2D eigenvalue weighted by atomic mass is 16.4. The number of benzene rings is 1. The van der Waals surface area contributed by atoms with Crippen LogP contribution >= 0.6 is 0 Å². The fraction of sp³-hybridized carbons (Fsp3) is 0.400. The average Bonchev–Trinajstić information content (AvgIpc) is 2.91. The third kappa shape index (κ3) is 1.82. The smallest absolute Gasteiger partial charge is 0.409 e. The number of likely N-dealkylation sites (tertiary alicyclic amines) is 1. The minimum absolute atomic E-state index is 0.0678. The minimum atomic E-state index is -1.18. The molecule has 1 amide bonds. The summed E-state index contributed by atoms with van der Waals surface area (Å²) in [6.45, 7) is 2.20. The maximum absolute atomic E-state index is 12.7. The summed E-state index contributed by atoms with van der Waals surface area (Å²) >= 11 is 0. The summed E-state index contributed by atoms with van der Waals surface area (Å²) in [5.41, 5.74) is 0.357. The second-order valence-corrected chi connectivity index (χ2v) is 5.23. The molecular weight excluding hydrogens is 270 g/mol. The Kier molecular flexibility index (Phi) is 3.16. The quantitative estimate of drug-likeness (QED) is 0.920. The number of para-hydroxylation sites is 2.